The third kappa shape index (κ3) is 2.88. The maximum absolute atomic E-state index is 9.16. The molecule has 2 aromatic heterocycles. The van der Waals surface area contributed by atoms with Crippen LogP contribution < -0.4 is 5.73 Å². The quantitative estimate of drug-likeness (QED) is 0.875. The zero-order valence-electron chi connectivity index (χ0n) is 10.9. The summed E-state index contributed by atoms with van der Waals surface area (Å²) in [5.74, 6) is 1.02. The lowest BCUT2D eigenvalue weighted by Crippen LogP contribution is -2.09. The molecule has 98 valence electrons. The fourth-order valence-electron chi connectivity index (χ4n) is 1.83. The lowest BCUT2D eigenvalue weighted by molar-refractivity contribution is 0.644. The molecule has 0 aliphatic carbocycles. The first-order valence-electron chi connectivity index (χ1n) is 6.27. The minimum atomic E-state index is 0.382. The molecule has 2 N–H and O–H groups in total. The van der Waals surface area contributed by atoms with Crippen molar-refractivity contribution < 1.29 is 0 Å². The Morgan fingerprint density at radius 3 is 2.74 bits per heavy atom. The molecule has 0 bridgehead atoms. The number of nitrogen functional groups attached to an aromatic ring is 1. The Kier molecular flexibility index (Phi) is 4.08. The molecule has 0 aliphatic heterocycles. The average Bonchev–Trinajstić information content (AvgIpc) is 2.73. The summed E-state index contributed by atoms with van der Waals surface area (Å²) < 4.78 is 1.60. The van der Waals surface area contributed by atoms with E-state index in [9.17, 15) is 0 Å². The number of hydrogen-bond donors (Lipinski definition) is 1. The van der Waals surface area contributed by atoms with Crippen molar-refractivity contribution in [3.63, 3.8) is 0 Å². The molecule has 0 aliphatic rings. The lowest BCUT2D eigenvalue weighted by atomic mass is 10.1. The standard InChI is InChI=1S/C13H16N6/c1-2-3-5-11-10(8-14)13(15)19(18-11)9-12-16-6-4-7-17-12/h4,6-7H,2-3,5,9,15H2,1H3. The first-order chi connectivity index (χ1) is 9.26. The van der Waals surface area contributed by atoms with Crippen molar-refractivity contribution in [1.82, 2.24) is 19.7 Å². The zero-order valence-corrected chi connectivity index (χ0v) is 10.9. The zero-order chi connectivity index (χ0) is 13.7. The summed E-state index contributed by atoms with van der Waals surface area (Å²) in [7, 11) is 0. The third-order valence-electron chi connectivity index (χ3n) is 2.85. The Bertz CT molecular complexity index is 581. The highest BCUT2D eigenvalue weighted by molar-refractivity contribution is 5.52. The highest BCUT2D eigenvalue weighted by atomic mass is 15.3. The van der Waals surface area contributed by atoms with Gasteiger partial charge in [-0.05, 0) is 18.9 Å². The largest absolute Gasteiger partial charge is 0.383 e. The van der Waals surface area contributed by atoms with Crippen molar-refractivity contribution in [2.24, 2.45) is 0 Å². The number of aryl methyl sites for hydroxylation is 1. The fourth-order valence-corrected chi connectivity index (χ4v) is 1.83. The number of aromatic nitrogens is 4. The second-order valence-corrected chi connectivity index (χ2v) is 4.24. The summed E-state index contributed by atoms with van der Waals surface area (Å²) >= 11 is 0. The van der Waals surface area contributed by atoms with Crippen molar-refractivity contribution in [3.8, 4) is 6.07 Å². The number of unbranched alkanes of at least 4 members (excludes halogenated alkanes) is 1. The number of rotatable bonds is 5. The van der Waals surface area contributed by atoms with Gasteiger partial charge in [0.2, 0.25) is 0 Å². The predicted molar refractivity (Wildman–Crippen MR) is 71.1 cm³/mol. The van der Waals surface area contributed by atoms with Gasteiger partial charge in [0.05, 0.1) is 5.69 Å². The fraction of sp³-hybridized carbons (Fsp3) is 0.385. The van der Waals surface area contributed by atoms with Crippen molar-refractivity contribution in [1.29, 1.82) is 5.26 Å². The molecule has 2 aromatic rings. The Hall–Kier alpha value is -2.42. The molecular formula is C13H16N6. The van der Waals surface area contributed by atoms with Crippen LogP contribution in [0.4, 0.5) is 5.82 Å². The summed E-state index contributed by atoms with van der Waals surface area (Å²) in [5.41, 5.74) is 7.19. The number of nitrogens with two attached hydrogens (primary N) is 1. The van der Waals surface area contributed by atoms with Gasteiger partial charge in [-0.25, -0.2) is 14.6 Å². The van der Waals surface area contributed by atoms with E-state index in [1.165, 1.54) is 0 Å². The van der Waals surface area contributed by atoms with E-state index in [4.69, 9.17) is 11.0 Å². The van der Waals surface area contributed by atoms with E-state index in [0.717, 1.165) is 25.0 Å². The topological polar surface area (TPSA) is 93.4 Å². The van der Waals surface area contributed by atoms with Crippen LogP contribution in [-0.2, 0) is 13.0 Å². The highest BCUT2D eigenvalue weighted by Crippen LogP contribution is 2.18. The van der Waals surface area contributed by atoms with Gasteiger partial charge in [-0.2, -0.15) is 10.4 Å². The molecule has 0 spiro atoms. The van der Waals surface area contributed by atoms with E-state index in [1.807, 2.05) is 0 Å². The van der Waals surface area contributed by atoms with Crippen LogP contribution in [0.15, 0.2) is 18.5 Å². The monoisotopic (exact) mass is 256 g/mol. The molecule has 0 fully saturated rings. The van der Waals surface area contributed by atoms with Gasteiger partial charge in [0, 0.05) is 12.4 Å². The summed E-state index contributed by atoms with van der Waals surface area (Å²) in [6, 6.07) is 3.88. The SMILES string of the molecule is CCCCc1nn(Cc2ncccn2)c(N)c1C#N. The van der Waals surface area contributed by atoms with E-state index >= 15 is 0 Å². The normalized spacial score (nSPS) is 10.3. The third-order valence-corrected chi connectivity index (χ3v) is 2.85. The second kappa shape index (κ2) is 5.96. The maximum Gasteiger partial charge on any atom is 0.149 e. The van der Waals surface area contributed by atoms with Crippen LogP contribution >= 0.6 is 0 Å². The van der Waals surface area contributed by atoms with Crippen LogP contribution in [0.3, 0.4) is 0 Å². The van der Waals surface area contributed by atoms with Gasteiger partial charge in [0.1, 0.15) is 29.8 Å². The molecule has 0 saturated carbocycles. The minimum absolute atomic E-state index is 0.382. The molecule has 0 aromatic carbocycles. The summed E-state index contributed by atoms with van der Waals surface area (Å²) in [6.07, 6.45) is 6.16. The Labute approximate surface area is 111 Å². The molecular weight excluding hydrogens is 240 g/mol. The van der Waals surface area contributed by atoms with Crippen molar-refractivity contribution in [2.45, 2.75) is 32.7 Å². The number of hydrogen-bond acceptors (Lipinski definition) is 5. The smallest absolute Gasteiger partial charge is 0.149 e. The summed E-state index contributed by atoms with van der Waals surface area (Å²) in [5, 5.41) is 13.6. The van der Waals surface area contributed by atoms with Gasteiger partial charge < -0.3 is 5.73 Å². The van der Waals surface area contributed by atoms with E-state index in [-0.39, 0.29) is 0 Å². The van der Waals surface area contributed by atoms with E-state index in [1.54, 1.807) is 23.1 Å². The van der Waals surface area contributed by atoms with Gasteiger partial charge in [-0.1, -0.05) is 13.3 Å². The number of nitriles is 1. The van der Waals surface area contributed by atoms with Gasteiger partial charge in [-0.3, -0.25) is 0 Å². The molecule has 2 rings (SSSR count). The molecule has 0 unspecified atom stereocenters. The van der Waals surface area contributed by atoms with E-state index in [2.05, 4.69) is 28.1 Å². The molecule has 0 atom stereocenters. The first kappa shape index (κ1) is 13.0. The van der Waals surface area contributed by atoms with Gasteiger partial charge in [0.15, 0.2) is 0 Å². The molecule has 0 amide bonds. The maximum atomic E-state index is 9.16. The summed E-state index contributed by atoms with van der Waals surface area (Å²) in [6.45, 7) is 2.48. The number of anilines is 1. The molecule has 0 saturated heterocycles. The van der Waals surface area contributed by atoms with E-state index in [0.29, 0.717) is 23.8 Å². The van der Waals surface area contributed by atoms with Crippen LogP contribution in [0.25, 0.3) is 0 Å². The molecule has 0 radical (unpaired) electrons. The predicted octanol–water partition coefficient (Wildman–Crippen LogP) is 1.52. The average molecular weight is 256 g/mol. The first-order valence-corrected chi connectivity index (χ1v) is 6.27. The second-order valence-electron chi connectivity index (χ2n) is 4.24. The van der Waals surface area contributed by atoms with Crippen molar-refractivity contribution in [2.75, 3.05) is 5.73 Å². The van der Waals surface area contributed by atoms with E-state index < -0.39 is 0 Å². The van der Waals surface area contributed by atoms with Gasteiger partial charge in [-0.15, -0.1) is 0 Å². The number of nitrogens with zero attached hydrogens (tertiary/aromatic N) is 5. The Balaban J connectivity index is 2.26. The summed E-state index contributed by atoms with van der Waals surface area (Å²) in [4.78, 5) is 8.26. The molecule has 19 heavy (non-hydrogen) atoms. The Morgan fingerprint density at radius 1 is 1.37 bits per heavy atom. The van der Waals surface area contributed by atoms with Crippen molar-refractivity contribution in [3.05, 3.63) is 35.5 Å². The Morgan fingerprint density at radius 2 is 2.11 bits per heavy atom. The van der Waals surface area contributed by atoms with Crippen LogP contribution in [-0.4, -0.2) is 19.7 Å². The van der Waals surface area contributed by atoms with Crippen LogP contribution in [0.5, 0.6) is 0 Å². The van der Waals surface area contributed by atoms with Crippen LogP contribution in [0.1, 0.15) is 36.8 Å². The highest BCUT2D eigenvalue weighted by Gasteiger charge is 2.15. The molecule has 2 heterocycles. The van der Waals surface area contributed by atoms with Crippen molar-refractivity contribution >= 4 is 5.82 Å². The van der Waals surface area contributed by atoms with Crippen LogP contribution in [0.2, 0.25) is 0 Å². The molecule has 6 nitrogen and oxygen atoms in total. The van der Waals surface area contributed by atoms with Gasteiger partial charge in [0.25, 0.3) is 0 Å². The lowest BCUT2D eigenvalue weighted by Gasteiger charge is -2.01. The van der Waals surface area contributed by atoms with Gasteiger partial charge >= 0.3 is 0 Å². The molecule has 6 heteroatoms. The minimum Gasteiger partial charge on any atom is -0.383 e. The van der Waals surface area contributed by atoms with Crippen LogP contribution in [0, 0.1) is 11.3 Å².